The molecule has 2 aromatic rings. The highest BCUT2D eigenvalue weighted by molar-refractivity contribution is 8.18. The van der Waals surface area contributed by atoms with Crippen molar-refractivity contribution in [1.82, 2.24) is 10.2 Å². The predicted octanol–water partition coefficient (Wildman–Crippen LogP) is 6.06. The first-order valence-electron chi connectivity index (χ1n) is 12.0. The summed E-state index contributed by atoms with van der Waals surface area (Å²) in [4.78, 5) is 33.5. The molecule has 0 unspecified atom stereocenters. The van der Waals surface area contributed by atoms with Crippen molar-refractivity contribution in [3.05, 3.63) is 80.3 Å². The Balaban J connectivity index is 1.47. The molecule has 3 heterocycles. The molecule has 9 heteroatoms. The van der Waals surface area contributed by atoms with Crippen LogP contribution >= 0.6 is 35.0 Å². The van der Waals surface area contributed by atoms with Crippen molar-refractivity contribution < 1.29 is 14.3 Å². The van der Waals surface area contributed by atoms with Gasteiger partial charge in [-0.2, -0.15) is 0 Å². The number of hydrogen-bond donors (Lipinski definition) is 1. The molecule has 0 aromatic heterocycles. The van der Waals surface area contributed by atoms with Crippen LogP contribution in [0.3, 0.4) is 0 Å². The lowest BCUT2D eigenvalue weighted by atomic mass is 9.81. The van der Waals surface area contributed by atoms with Crippen LogP contribution in [0.25, 0.3) is 0 Å². The topological polar surface area (TPSA) is 71.0 Å². The third kappa shape index (κ3) is 4.36. The van der Waals surface area contributed by atoms with Crippen LogP contribution in [0.15, 0.2) is 64.1 Å². The fourth-order valence-electron chi connectivity index (χ4n) is 5.35. The van der Waals surface area contributed by atoms with Crippen LogP contribution < -0.4 is 5.32 Å². The molecule has 0 amide bonds. The monoisotopic (exact) mass is 543 g/mol. The van der Waals surface area contributed by atoms with Gasteiger partial charge in [-0.25, -0.2) is 14.6 Å². The number of amidine groups is 1. The molecular weight excluding hydrogens is 517 g/mol. The summed E-state index contributed by atoms with van der Waals surface area (Å²) in [6.45, 7) is 6.74. The molecule has 188 valence electrons. The third-order valence-electron chi connectivity index (χ3n) is 7.33. The first-order chi connectivity index (χ1) is 17.2. The number of rotatable bonds is 5. The van der Waals surface area contributed by atoms with Gasteiger partial charge in [-0.15, -0.1) is 0 Å². The second-order valence-corrected chi connectivity index (χ2v) is 11.3. The minimum Gasteiger partial charge on any atom is -0.388 e. The molecule has 0 spiro atoms. The zero-order chi connectivity index (χ0) is 25.6. The van der Waals surface area contributed by atoms with E-state index in [0.717, 1.165) is 30.5 Å². The average molecular weight is 545 g/mol. The van der Waals surface area contributed by atoms with Crippen molar-refractivity contribution in [3.63, 3.8) is 0 Å². The standard InChI is InChI=1S/C27H27Cl2N3O3S/c1-4-16-13-14-30-21(16)24(33)35-25(34)22-15(2)32-23(17-5-9-19(28)10-6-17)27(3,31-26(32)36-22)18-7-11-20(29)12-8-18/h5-12,16,21,23,30H,4,13-14H2,1-3H3/t16-,21+,23-,27+/m1/s1. The number of fused-ring (bicyclic) bond motifs is 1. The molecule has 4 atom stereocenters. The van der Waals surface area contributed by atoms with Crippen molar-refractivity contribution in [2.24, 2.45) is 10.9 Å². The SMILES string of the molecule is CC[C@@H]1CCN[C@@H]1C(=O)OC(=O)C1=C(C)N2C(=N[C@@](C)(c3ccc(Cl)cc3)[C@H]2c2ccc(Cl)cc2)S1. The van der Waals surface area contributed by atoms with Crippen LogP contribution in [0.1, 0.15) is 50.8 Å². The summed E-state index contributed by atoms with van der Waals surface area (Å²) in [6.07, 6.45) is 1.76. The normalized spacial score (nSPS) is 27.3. The number of nitrogens with zero attached hydrogens (tertiary/aromatic N) is 2. The molecule has 0 radical (unpaired) electrons. The predicted molar refractivity (Wildman–Crippen MR) is 144 cm³/mol. The lowest BCUT2D eigenvalue weighted by Gasteiger charge is -2.35. The Labute approximate surface area is 225 Å². The second kappa shape index (κ2) is 9.86. The Morgan fingerprint density at radius 1 is 1.14 bits per heavy atom. The van der Waals surface area contributed by atoms with Gasteiger partial charge in [-0.1, -0.05) is 60.8 Å². The Morgan fingerprint density at radius 2 is 1.78 bits per heavy atom. The Hall–Kier alpha value is -2.32. The van der Waals surface area contributed by atoms with E-state index in [1.807, 2.05) is 62.4 Å². The van der Waals surface area contributed by atoms with Crippen LogP contribution in [0.5, 0.6) is 0 Å². The lowest BCUT2D eigenvalue weighted by Crippen LogP contribution is -2.38. The molecule has 1 fully saturated rings. The lowest BCUT2D eigenvalue weighted by molar-refractivity contribution is -0.158. The highest BCUT2D eigenvalue weighted by Gasteiger charge is 2.52. The van der Waals surface area contributed by atoms with Gasteiger partial charge in [0.25, 0.3) is 0 Å². The molecule has 3 aliphatic heterocycles. The van der Waals surface area contributed by atoms with E-state index in [4.69, 9.17) is 32.9 Å². The van der Waals surface area contributed by atoms with Gasteiger partial charge in [0.1, 0.15) is 16.5 Å². The van der Waals surface area contributed by atoms with Crippen LogP contribution in [0, 0.1) is 5.92 Å². The van der Waals surface area contributed by atoms with Gasteiger partial charge in [-0.3, -0.25) is 0 Å². The van der Waals surface area contributed by atoms with E-state index in [2.05, 4.69) is 17.1 Å². The fraction of sp³-hybridized carbons (Fsp3) is 0.370. The van der Waals surface area contributed by atoms with Gasteiger partial charge >= 0.3 is 11.9 Å². The van der Waals surface area contributed by atoms with E-state index in [-0.39, 0.29) is 12.0 Å². The number of hydrogen-bond acceptors (Lipinski definition) is 7. The van der Waals surface area contributed by atoms with Gasteiger partial charge < -0.3 is 15.0 Å². The van der Waals surface area contributed by atoms with E-state index in [9.17, 15) is 9.59 Å². The molecule has 3 aliphatic rings. The molecule has 2 aromatic carbocycles. The zero-order valence-corrected chi connectivity index (χ0v) is 22.6. The number of aliphatic imine (C=N–C) groups is 1. The third-order valence-corrected chi connectivity index (χ3v) is 8.97. The van der Waals surface area contributed by atoms with E-state index in [0.29, 0.717) is 25.8 Å². The zero-order valence-electron chi connectivity index (χ0n) is 20.3. The minimum atomic E-state index is -0.643. The van der Waals surface area contributed by atoms with E-state index >= 15 is 0 Å². The van der Waals surface area contributed by atoms with E-state index in [1.54, 1.807) is 0 Å². The van der Waals surface area contributed by atoms with Crippen molar-refractivity contribution in [3.8, 4) is 0 Å². The molecule has 0 aliphatic carbocycles. The van der Waals surface area contributed by atoms with Crippen molar-refractivity contribution >= 4 is 52.1 Å². The smallest absolute Gasteiger partial charge is 0.354 e. The molecule has 0 saturated carbocycles. The Morgan fingerprint density at radius 3 is 2.42 bits per heavy atom. The van der Waals surface area contributed by atoms with Crippen LogP contribution in [0.4, 0.5) is 0 Å². The molecule has 36 heavy (non-hydrogen) atoms. The van der Waals surface area contributed by atoms with Crippen molar-refractivity contribution in [2.45, 2.75) is 51.2 Å². The van der Waals surface area contributed by atoms with Crippen LogP contribution in [0.2, 0.25) is 10.0 Å². The molecule has 5 rings (SSSR count). The van der Waals surface area contributed by atoms with Gasteiger partial charge in [-0.05, 0) is 79.9 Å². The number of carbonyl (C=O) groups is 2. The second-order valence-electron chi connectivity index (χ2n) is 9.49. The number of thioether (sulfide) groups is 1. The highest BCUT2D eigenvalue weighted by Crippen LogP contribution is 2.54. The quantitative estimate of drug-likeness (QED) is 0.365. The summed E-state index contributed by atoms with van der Waals surface area (Å²) < 4.78 is 5.36. The maximum absolute atomic E-state index is 13.1. The first-order valence-corrected chi connectivity index (χ1v) is 13.6. The molecule has 0 bridgehead atoms. The molecule has 6 nitrogen and oxygen atoms in total. The Bertz CT molecular complexity index is 1260. The largest absolute Gasteiger partial charge is 0.388 e. The van der Waals surface area contributed by atoms with E-state index < -0.39 is 23.5 Å². The Kier molecular flexibility index (Phi) is 6.94. The summed E-state index contributed by atoms with van der Waals surface area (Å²) in [7, 11) is 0. The maximum atomic E-state index is 13.1. The van der Waals surface area contributed by atoms with Crippen molar-refractivity contribution in [2.75, 3.05) is 6.54 Å². The molecule has 1 N–H and O–H groups in total. The average Bonchev–Trinajstić information content (AvgIpc) is 3.54. The summed E-state index contributed by atoms with van der Waals surface area (Å²) in [6, 6.07) is 14.7. The molecule has 1 saturated heterocycles. The maximum Gasteiger partial charge on any atom is 0.354 e. The van der Waals surface area contributed by atoms with Gasteiger partial charge in [0.2, 0.25) is 0 Å². The summed E-state index contributed by atoms with van der Waals surface area (Å²) in [5.41, 5.74) is 2.07. The van der Waals surface area contributed by atoms with Crippen LogP contribution in [-0.2, 0) is 19.9 Å². The number of allylic oxidation sites excluding steroid dienone is 1. The number of halogens is 2. The van der Waals surface area contributed by atoms with Gasteiger partial charge in [0, 0.05) is 15.7 Å². The number of ether oxygens (including phenoxy) is 1. The summed E-state index contributed by atoms with van der Waals surface area (Å²) in [5, 5.41) is 5.15. The summed E-state index contributed by atoms with van der Waals surface area (Å²) >= 11 is 13.6. The van der Waals surface area contributed by atoms with E-state index in [1.165, 1.54) is 11.8 Å². The molecular formula is C27H27Cl2N3O3S. The number of carbonyl (C=O) groups excluding carboxylic acids is 2. The van der Waals surface area contributed by atoms with Gasteiger partial charge in [0.05, 0.1) is 6.04 Å². The van der Waals surface area contributed by atoms with Crippen molar-refractivity contribution in [1.29, 1.82) is 0 Å². The van der Waals surface area contributed by atoms with Gasteiger partial charge in [0.15, 0.2) is 5.17 Å². The minimum absolute atomic E-state index is 0.179. The number of nitrogens with one attached hydrogen (secondary N) is 1. The number of esters is 2. The first kappa shape index (κ1) is 25.3. The number of benzene rings is 2. The fourth-order valence-corrected chi connectivity index (χ4v) is 6.73. The highest BCUT2D eigenvalue weighted by atomic mass is 35.5. The summed E-state index contributed by atoms with van der Waals surface area (Å²) in [5.74, 6) is -0.968. The van der Waals surface area contributed by atoms with Crippen LogP contribution in [-0.4, -0.2) is 34.6 Å².